The lowest BCUT2D eigenvalue weighted by Crippen LogP contribution is -2.41. The summed E-state index contributed by atoms with van der Waals surface area (Å²) in [5.74, 6) is 1.77. The van der Waals surface area contributed by atoms with Gasteiger partial charge in [-0.2, -0.15) is 0 Å². The number of ether oxygens (including phenoxy) is 1. The van der Waals surface area contributed by atoms with Gasteiger partial charge in [0, 0.05) is 43.1 Å². The molecule has 9 heteroatoms. The van der Waals surface area contributed by atoms with Gasteiger partial charge in [0.25, 0.3) is 0 Å². The highest BCUT2D eigenvalue weighted by molar-refractivity contribution is 7.17. The van der Waals surface area contributed by atoms with Crippen molar-refractivity contribution in [3.8, 4) is 10.9 Å². The molecule has 3 aromatic rings. The lowest BCUT2D eigenvalue weighted by molar-refractivity contribution is -0.125. The van der Waals surface area contributed by atoms with E-state index < -0.39 is 0 Å². The van der Waals surface area contributed by atoms with Gasteiger partial charge in [0.15, 0.2) is 0 Å². The molecule has 1 aromatic carbocycles. The summed E-state index contributed by atoms with van der Waals surface area (Å²) >= 11 is 1.59. The predicted molar refractivity (Wildman–Crippen MR) is 142 cm³/mol. The van der Waals surface area contributed by atoms with Gasteiger partial charge in [-0.3, -0.25) is 9.36 Å². The van der Waals surface area contributed by atoms with E-state index in [0.29, 0.717) is 19.1 Å². The van der Waals surface area contributed by atoms with Crippen molar-refractivity contribution in [3.63, 3.8) is 0 Å². The second-order valence-electron chi connectivity index (χ2n) is 9.28. The second kappa shape index (κ2) is 12.1. The third-order valence-corrected chi connectivity index (χ3v) is 7.22. The fourth-order valence-electron chi connectivity index (χ4n) is 4.17. The minimum atomic E-state index is 0.0931. The number of benzene rings is 1. The van der Waals surface area contributed by atoms with Gasteiger partial charge >= 0.3 is 0 Å². The normalized spacial score (nSPS) is 14.3. The van der Waals surface area contributed by atoms with Crippen molar-refractivity contribution < 1.29 is 9.53 Å². The zero-order valence-electron chi connectivity index (χ0n) is 20.9. The Morgan fingerprint density at radius 1 is 1.14 bits per heavy atom. The number of aromatic nitrogens is 3. The molecule has 0 unspecified atom stereocenters. The van der Waals surface area contributed by atoms with E-state index in [0.717, 1.165) is 66.3 Å². The first-order valence-electron chi connectivity index (χ1n) is 12.5. The van der Waals surface area contributed by atoms with Crippen molar-refractivity contribution in [2.75, 3.05) is 36.5 Å². The molecule has 2 N–H and O–H groups in total. The Bertz CT molecular complexity index is 1070. The molecule has 0 spiro atoms. The lowest BCUT2D eigenvalue weighted by Gasteiger charge is -2.30. The van der Waals surface area contributed by atoms with Crippen molar-refractivity contribution in [2.24, 2.45) is 11.8 Å². The van der Waals surface area contributed by atoms with E-state index in [4.69, 9.17) is 4.74 Å². The van der Waals surface area contributed by atoms with Gasteiger partial charge in [-0.25, -0.2) is 0 Å². The van der Waals surface area contributed by atoms with Crippen molar-refractivity contribution in [3.05, 3.63) is 48.3 Å². The molecule has 0 aliphatic carbocycles. The summed E-state index contributed by atoms with van der Waals surface area (Å²) in [6, 6.07) is 12.1. The summed E-state index contributed by atoms with van der Waals surface area (Å²) in [5, 5.41) is 17.2. The van der Waals surface area contributed by atoms with E-state index in [2.05, 4.69) is 50.2 Å². The fourth-order valence-corrected chi connectivity index (χ4v) is 5.08. The average Bonchev–Trinajstić information content (AvgIpc) is 3.53. The Labute approximate surface area is 211 Å². The van der Waals surface area contributed by atoms with Crippen LogP contribution in [-0.2, 0) is 11.3 Å². The molecule has 1 amide bonds. The molecule has 1 aliphatic rings. The van der Waals surface area contributed by atoms with Gasteiger partial charge in [0.2, 0.25) is 16.2 Å². The maximum absolute atomic E-state index is 12.5. The van der Waals surface area contributed by atoms with Gasteiger partial charge in [-0.15, -0.1) is 10.2 Å². The number of nitrogens with one attached hydrogen (secondary N) is 2. The first-order valence-corrected chi connectivity index (χ1v) is 13.3. The quantitative estimate of drug-likeness (QED) is 0.400. The van der Waals surface area contributed by atoms with Crippen molar-refractivity contribution in [1.82, 2.24) is 20.1 Å². The Kier molecular flexibility index (Phi) is 8.63. The number of carbonyl (C=O) groups is 1. The van der Waals surface area contributed by atoms with Crippen LogP contribution < -0.4 is 20.3 Å². The molecule has 0 bridgehead atoms. The first-order chi connectivity index (χ1) is 17.0. The smallest absolute Gasteiger partial charge is 0.223 e. The summed E-state index contributed by atoms with van der Waals surface area (Å²) in [7, 11) is 0. The molecule has 0 radical (unpaired) electrons. The highest BCUT2D eigenvalue weighted by Gasteiger charge is 2.26. The highest BCUT2D eigenvalue weighted by atomic mass is 32.1. The maximum Gasteiger partial charge on any atom is 0.223 e. The van der Waals surface area contributed by atoms with Crippen LogP contribution in [0.25, 0.3) is 5.13 Å². The summed E-state index contributed by atoms with van der Waals surface area (Å²) in [6.45, 7) is 10.1. The van der Waals surface area contributed by atoms with Crippen LogP contribution in [-0.4, -0.2) is 46.9 Å². The number of amides is 1. The Balaban J connectivity index is 1.30. The van der Waals surface area contributed by atoms with E-state index >= 15 is 0 Å². The van der Waals surface area contributed by atoms with E-state index in [1.54, 1.807) is 11.3 Å². The van der Waals surface area contributed by atoms with E-state index in [1.807, 2.05) is 43.5 Å². The molecule has 1 saturated heterocycles. The van der Waals surface area contributed by atoms with Crippen LogP contribution in [0.15, 0.2) is 42.6 Å². The van der Waals surface area contributed by atoms with Crippen molar-refractivity contribution in [1.29, 1.82) is 0 Å². The van der Waals surface area contributed by atoms with E-state index in [-0.39, 0.29) is 11.8 Å². The Hall–Kier alpha value is -3.07. The summed E-state index contributed by atoms with van der Waals surface area (Å²) in [5.41, 5.74) is 2.15. The van der Waals surface area contributed by atoms with Gasteiger partial charge in [-0.1, -0.05) is 25.2 Å². The SMILES string of the molecule is CCOc1ccc(NCc2cccn2-c2nnc(N3CCC(C(=O)NCCC(C)C)CC3)s2)cc1. The van der Waals surface area contributed by atoms with Gasteiger partial charge in [-0.05, 0) is 68.5 Å². The van der Waals surface area contributed by atoms with Crippen LogP contribution in [0.1, 0.15) is 45.7 Å². The molecule has 8 nitrogen and oxygen atoms in total. The molecule has 0 atom stereocenters. The third kappa shape index (κ3) is 6.75. The van der Waals surface area contributed by atoms with Crippen LogP contribution in [0.5, 0.6) is 5.75 Å². The second-order valence-corrected chi connectivity index (χ2v) is 10.2. The topological polar surface area (TPSA) is 84.3 Å². The van der Waals surface area contributed by atoms with E-state index in [1.165, 1.54) is 0 Å². The van der Waals surface area contributed by atoms with Crippen LogP contribution in [0.4, 0.5) is 10.8 Å². The molecule has 4 rings (SSSR count). The molecule has 2 aromatic heterocycles. The maximum atomic E-state index is 12.5. The minimum Gasteiger partial charge on any atom is -0.494 e. The number of anilines is 2. The molecular weight excluding hydrogens is 460 g/mol. The zero-order chi connectivity index (χ0) is 24.6. The van der Waals surface area contributed by atoms with Crippen LogP contribution in [0.3, 0.4) is 0 Å². The zero-order valence-corrected chi connectivity index (χ0v) is 21.7. The number of nitrogens with zero attached hydrogens (tertiary/aromatic N) is 4. The van der Waals surface area contributed by atoms with Gasteiger partial charge in [0.1, 0.15) is 5.75 Å². The van der Waals surface area contributed by atoms with Gasteiger partial charge < -0.3 is 20.3 Å². The number of rotatable bonds is 11. The third-order valence-electron chi connectivity index (χ3n) is 6.24. The molecule has 3 heterocycles. The summed E-state index contributed by atoms with van der Waals surface area (Å²) in [6.07, 6.45) is 4.74. The molecule has 188 valence electrons. The largest absolute Gasteiger partial charge is 0.494 e. The monoisotopic (exact) mass is 496 g/mol. The van der Waals surface area contributed by atoms with Gasteiger partial charge in [0.05, 0.1) is 13.2 Å². The minimum absolute atomic E-state index is 0.0931. The Morgan fingerprint density at radius 3 is 2.60 bits per heavy atom. The molecule has 0 saturated carbocycles. The molecule has 35 heavy (non-hydrogen) atoms. The summed E-state index contributed by atoms with van der Waals surface area (Å²) in [4.78, 5) is 14.7. The molecule has 1 fully saturated rings. The van der Waals surface area contributed by atoms with Crippen molar-refractivity contribution in [2.45, 2.75) is 46.6 Å². The fraction of sp³-hybridized carbons (Fsp3) is 0.500. The number of hydrogen-bond donors (Lipinski definition) is 2. The first kappa shape index (κ1) is 25.0. The standard InChI is InChI=1S/C26H36N6O2S/c1-4-34-23-9-7-21(8-10-23)28-18-22-6-5-15-32(22)26-30-29-25(35-26)31-16-12-20(13-17-31)24(33)27-14-11-19(2)3/h5-10,15,19-20,28H,4,11-14,16-18H2,1-3H3,(H,27,33). The predicted octanol–water partition coefficient (Wildman–Crippen LogP) is 4.72. The number of carbonyl (C=O) groups excluding carboxylic acids is 1. The molecular formula is C26H36N6O2S. The Morgan fingerprint density at radius 2 is 1.89 bits per heavy atom. The average molecular weight is 497 g/mol. The van der Waals surface area contributed by atoms with Crippen LogP contribution >= 0.6 is 11.3 Å². The van der Waals surface area contributed by atoms with Crippen molar-refractivity contribution >= 4 is 28.1 Å². The lowest BCUT2D eigenvalue weighted by atomic mass is 9.96. The molecule has 1 aliphatic heterocycles. The number of piperidine rings is 1. The highest BCUT2D eigenvalue weighted by Crippen LogP contribution is 2.29. The van der Waals surface area contributed by atoms with Crippen LogP contribution in [0.2, 0.25) is 0 Å². The van der Waals surface area contributed by atoms with E-state index in [9.17, 15) is 4.79 Å². The van der Waals surface area contributed by atoms with Crippen LogP contribution in [0, 0.1) is 11.8 Å². The summed E-state index contributed by atoms with van der Waals surface area (Å²) < 4.78 is 7.59. The number of hydrogen-bond acceptors (Lipinski definition) is 7.